The molecule has 0 unspecified atom stereocenters. The van der Waals surface area contributed by atoms with Crippen LogP contribution in [0.25, 0.3) is 0 Å². The van der Waals surface area contributed by atoms with E-state index in [0.717, 1.165) is 10.4 Å². The monoisotopic (exact) mass is 324 g/mol. The highest BCUT2D eigenvalue weighted by Crippen LogP contribution is 2.25. The largest absolute Gasteiger partial charge is 0.383 e. The SMILES string of the molecule is CNCc1cc(Cl)cc(S(=O)(=O)N(C)CCOC)c1F. The van der Waals surface area contributed by atoms with Crippen LogP contribution in [0.5, 0.6) is 0 Å². The molecule has 114 valence electrons. The van der Waals surface area contributed by atoms with Gasteiger partial charge in [-0.15, -0.1) is 0 Å². The molecule has 0 fully saturated rings. The molecule has 8 heteroatoms. The number of methoxy groups -OCH3 is 1. The second-order valence-corrected chi connectivity index (χ2v) is 6.68. The molecular weight excluding hydrogens is 307 g/mol. The predicted octanol–water partition coefficient (Wildman–Crippen LogP) is 1.47. The van der Waals surface area contributed by atoms with Gasteiger partial charge in [0, 0.05) is 37.8 Å². The Morgan fingerprint density at radius 1 is 1.45 bits per heavy atom. The lowest BCUT2D eigenvalue weighted by atomic mass is 10.2. The van der Waals surface area contributed by atoms with Gasteiger partial charge in [0.15, 0.2) is 0 Å². The summed E-state index contributed by atoms with van der Waals surface area (Å²) in [5.41, 5.74) is 0.207. The van der Waals surface area contributed by atoms with Crippen LogP contribution >= 0.6 is 11.6 Å². The normalized spacial score (nSPS) is 12.1. The summed E-state index contributed by atoms with van der Waals surface area (Å²) in [5.74, 6) is -0.784. The lowest BCUT2D eigenvalue weighted by Crippen LogP contribution is -2.31. The van der Waals surface area contributed by atoms with Crippen molar-refractivity contribution >= 4 is 21.6 Å². The van der Waals surface area contributed by atoms with Crippen LogP contribution in [0, 0.1) is 5.82 Å². The Bertz CT molecular complexity index is 566. The van der Waals surface area contributed by atoms with E-state index in [1.807, 2.05) is 0 Å². The fraction of sp³-hybridized carbons (Fsp3) is 0.500. The predicted molar refractivity (Wildman–Crippen MR) is 75.9 cm³/mol. The third kappa shape index (κ3) is 3.89. The number of benzene rings is 1. The maximum atomic E-state index is 14.3. The van der Waals surface area contributed by atoms with Gasteiger partial charge in [-0.1, -0.05) is 11.6 Å². The van der Waals surface area contributed by atoms with E-state index in [9.17, 15) is 12.8 Å². The first-order valence-electron chi connectivity index (χ1n) is 5.92. The fourth-order valence-corrected chi connectivity index (χ4v) is 3.22. The number of rotatable bonds is 7. The molecule has 0 saturated heterocycles. The van der Waals surface area contributed by atoms with Gasteiger partial charge in [0.1, 0.15) is 10.7 Å². The third-order valence-corrected chi connectivity index (χ3v) is 4.82. The van der Waals surface area contributed by atoms with E-state index in [4.69, 9.17) is 16.3 Å². The Morgan fingerprint density at radius 3 is 2.65 bits per heavy atom. The number of likely N-dealkylation sites (N-methyl/N-ethyl adjacent to an activating group) is 1. The molecule has 1 aromatic carbocycles. The molecule has 0 spiro atoms. The topological polar surface area (TPSA) is 58.6 Å². The average molecular weight is 325 g/mol. The van der Waals surface area contributed by atoms with E-state index in [-0.39, 0.29) is 30.3 Å². The summed E-state index contributed by atoms with van der Waals surface area (Å²) in [6.45, 7) is 0.546. The molecule has 0 aliphatic carbocycles. The zero-order valence-corrected chi connectivity index (χ0v) is 13.2. The van der Waals surface area contributed by atoms with Crippen molar-refractivity contribution in [1.29, 1.82) is 0 Å². The van der Waals surface area contributed by atoms with Crippen LogP contribution in [0.15, 0.2) is 17.0 Å². The van der Waals surface area contributed by atoms with Crippen LogP contribution < -0.4 is 5.32 Å². The van der Waals surface area contributed by atoms with Crippen molar-refractivity contribution in [2.24, 2.45) is 0 Å². The smallest absolute Gasteiger partial charge is 0.245 e. The summed E-state index contributed by atoms with van der Waals surface area (Å²) in [4.78, 5) is -0.422. The number of ether oxygens (including phenoxy) is 1. The highest BCUT2D eigenvalue weighted by atomic mass is 35.5. The average Bonchev–Trinajstić information content (AvgIpc) is 2.39. The van der Waals surface area contributed by atoms with Gasteiger partial charge in [0.25, 0.3) is 0 Å². The molecule has 0 amide bonds. The van der Waals surface area contributed by atoms with E-state index in [2.05, 4.69) is 5.32 Å². The van der Waals surface area contributed by atoms with Crippen molar-refractivity contribution in [3.63, 3.8) is 0 Å². The number of nitrogens with zero attached hydrogens (tertiary/aromatic N) is 1. The molecule has 0 aliphatic heterocycles. The molecule has 5 nitrogen and oxygen atoms in total. The second-order valence-electron chi connectivity index (χ2n) is 4.23. The highest BCUT2D eigenvalue weighted by Gasteiger charge is 2.26. The molecule has 0 heterocycles. The van der Waals surface area contributed by atoms with Crippen molar-refractivity contribution in [1.82, 2.24) is 9.62 Å². The number of hydrogen-bond acceptors (Lipinski definition) is 4. The maximum absolute atomic E-state index is 14.3. The standard InChI is InChI=1S/C12H18ClFN2O3S/c1-15-8-9-6-10(13)7-11(12(9)14)20(17,18)16(2)4-5-19-3/h6-7,15H,4-5,8H2,1-3H3. The zero-order valence-electron chi connectivity index (χ0n) is 11.6. The molecule has 1 rings (SSSR count). The number of sulfonamides is 1. The van der Waals surface area contributed by atoms with Gasteiger partial charge < -0.3 is 10.1 Å². The van der Waals surface area contributed by atoms with Gasteiger partial charge in [0.2, 0.25) is 10.0 Å². The number of halogens is 2. The van der Waals surface area contributed by atoms with Crippen molar-refractivity contribution in [2.45, 2.75) is 11.4 Å². The van der Waals surface area contributed by atoms with Crippen LogP contribution in [0.3, 0.4) is 0 Å². The van der Waals surface area contributed by atoms with Crippen LogP contribution in [0.2, 0.25) is 5.02 Å². The zero-order chi connectivity index (χ0) is 15.3. The van der Waals surface area contributed by atoms with Crippen molar-refractivity contribution in [3.8, 4) is 0 Å². The minimum absolute atomic E-state index is 0.131. The van der Waals surface area contributed by atoms with E-state index in [1.165, 1.54) is 20.2 Å². The minimum atomic E-state index is -3.94. The van der Waals surface area contributed by atoms with Crippen LogP contribution in [-0.2, 0) is 21.3 Å². The van der Waals surface area contributed by atoms with Gasteiger partial charge >= 0.3 is 0 Å². The van der Waals surface area contributed by atoms with E-state index in [1.54, 1.807) is 7.05 Å². The number of hydrogen-bond donors (Lipinski definition) is 1. The summed E-state index contributed by atoms with van der Waals surface area (Å²) in [6.07, 6.45) is 0. The minimum Gasteiger partial charge on any atom is -0.383 e. The first kappa shape index (κ1) is 17.3. The molecule has 0 aromatic heterocycles. The quantitative estimate of drug-likeness (QED) is 0.825. The first-order valence-corrected chi connectivity index (χ1v) is 7.74. The molecule has 0 radical (unpaired) electrons. The summed E-state index contributed by atoms with van der Waals surface area (Å²) >= 11 is 5.87. The molecule has 0 bridgehead atoms. The molecule has 20 heavy (non-hydrogen) atoms. The van der Waals surface area contributed by atoms with Gasteiger partial charge in [0.05, 0.1) is 6.61 Å². The Kier molecular flexibility index (Phi) is 6.35. The lowest BCUT2D eigenvalue weighted by molar-refractivity contribution is 0.185. The molecule has 0 atom stereocenters. The fourth-order valence-electron chi connectivity index (χ4n) is 1.63. The molecule has 0 saturated carbocycles. The highest BCUT2D eigenvalue weighted by molar-refractivity contribution is 7.89. The molecular formula is C12H18ClFN2O3S. The molecule has 1 N–H and O–H groups in total. The summed E-state index contributed by atoms with van der Waals surface area (Å²) in [7, 11) is 0.530. The van der Waals surface area contributed by atoms with E-state index >= 15 is 0 Å². The maximum Gasteiger partial charge on any atom is 0.245 e. The molecule has 1 aromatic rings. The second kappa shape index (κ2) is 7.33. The summed E-state index contributed by atoms with van der Waals surface area (Å²) in [5, 5.41) is 2.94. The van der Waals surface area contributed by atoms with Gasteiger partial charge in [-0.05, 0) is 19.2 Å². The van der Waals surface area contributed by atoms with Crippen molar-refractivity contribution < 1.29 is 17.5 Å². The van der Waals surface area contributed by atoms with Gasteiger partial charge in [-0.3, -0.25) is 0 Å². The first-order chi connectivity index (χ1) is 9.34. The van der Waals surface area contributed by atoms with Crippen molar-refractivity contribution in [2.75, 3.05) is 34.4 Å². The van der Waals surface area contributed by atoms with Gasteiger partial charge in [-0.2, -0.15) is 4.31 Å². The van der Waals surface area contributed by atoms with Crippen molar-refractivity contribution in [3.05, 3.63) is 28.5 Å². The van der Waals surface area contributed by atoms with Crippen LogP contribution in [-0.4, -0.2) is 47.1 Å². The van der Waals surface area contributed by atoms with E-state index in [0.29, 0.717) is 0 Å². The van der Waals surface area contributed by atoms with Crippen LogP contribution in [0.1, 0.15) is 5.56 Å². The van der Waals surface area contributed by atoms with Crippen LogP contribution in [0.4, 0.5) is 4.39 Å². The summed E-state index contributed by atoms with van der Waals surface area (Å²) < 4.78 is 44.8. The number of nitrogens with one attached hydrogen (secondary N) is 1. The van der Waals surface area contributed by atoms with Gasteiger partial charge in [-0.25, -0.2) is 12.8 Å². The molecule has 0 aliphatic rings. The Hall–Kier alpha value is -0.730. The van der Waals surface area contributed by atoms with E-state index < -0.39 is 20.7 Å². The Balaban J connectivity index is 3.24. The summed E-state index contributed by atoms with van der Waals surface area (Å²) in [6, 6.07) is 2.52. The Morgan fingerprint density at radius 2 is 2.10 bits per heavy atom. The Labute approximate surface area is 123 Å². The third-order valence-electron chi connectivity index (χ3n) is 2.75. The lowest BCUT2D eigenvalue weighted by Gasteiger charge is -2.18.